The largest absolute Gasteiger partial charge is 0.323 e. The van der Waals surface area contributed by atoms with Crippen molar-refractivity contribution in [3.8, 4) is 5.69 Å². The molecular formula is C23H24ClFN4O. The summed E-state index contributed by atoms with van der Waals surface area (Å²) in [7, 11) is 4.08. The molecule has 1 aromatic heterocycles. The fourth-order valence-electron chi connectivity index (χ4n) is 2.90. The van der Waals surface area contributed by atoms with Gasteiger partial charge in [0, 0.05) is 23.9 Å². The van der Waals surface area contributed by atoms with E-state index >= 15 is 0 Å². The van der Waals surface area contributed by atoms with Crippen LogP contribution in [0.4, 0.5) is 10.1 Å². The summed E-state index contributed by atoms with van der Waals surface area (Å²) in [5.41, 5.74) is 3.88. The molecule has 0 aliphatic heterocycles. The van der Waals surface area contributed by atoms with Gasteiger partial charge in [0.1, 0.15) is 11.0 Å². The van der Waals surface area contributed by atoms with Gasteiger partial charge in [-0.3, -0.25) is 4.79 Å². The first-order chi connectivity index (χ1) is 14.3. The summed E-state index contributed by atoms with van der Waals surface area (Å²) in [5.74, 6) is -0.595. The Bertz CT molecular complexity index is 1040. The van der Waals surface area contributed by atoms with Crippen molar-refractivity contribution in [1.29, 1.82) is 0 Å². The van der Waals surface area contributed by atoms with Crippen LogP contribution in [0.15, 0.2) is 54.6 Å². The van der Waals surface area contributed by atoms with Crippen LogP contribution in [-0.4, -0.2) is 41.2 Å². The Hall–Kier alpha value is -2.96. The Morgan fingerprint density at radius 2 is 1.83 bits per heavy atom. The third kappa shape index (κ3) is 5.55. The van der Waals surface area contributed by atoms with Gasteiger partial charge in [-0.2, -0.15) is 5.10 Å². The van der Waals surface area contributed by atoms with Crippen molar-refractivity contribution < 1.29 is 9.18 Å². The highest BCUT2D eigenvalue weighted by Crippen LogP contribution is 2.25. The molecule has 0 bridgehead atoms. The Morgan fingerprint density at radius 1 is 1.17 bits per heavy atom. The van der Waals surface area contributed by atoms with Crippen LogP contribution >= 0.6 is 11.6 Å². The van der Waals surface area contributed by atoms with Crippen molar-refractivity contribution in [3.63, 3.8) is 0 Å². The fraction of sp³-hybridized carbons (Fsp3) is 0.217. The molecule has 5 nitrogen and oxygen atoms in total. The first-order valence-corrected chi connectivity index (χ1v) is 9.95. The highest BCUT2D eigenvalue weighted by atomic mass is 35.5. The highest BCUT2D eigenvalue weighted by Gasteiger charge is 2.13. The molecule has 2 aromatic carbocycles. The van der Waals surface area contributed by atoms with Crippen molar-refractivity contribution in [1.82, 2.24) is 14.7 Å². The monoisotopic (exact) mass is 426 g/mol. The molecule has 0 aliphatic rings. The van der Waals surface area contributed by atoms with Gasteiger partial charge in [-0.1, -0.05) is 23.7 Å². The number of rotatable bonds is 7. The number of carbonyl (C=O) groups is 1. The number of hydrogen-bond acceptors (Lipinski definition) is 3. The molecule has 30 heavy (non-hydrogen) atoms. The fourth-order valence-corrected chi connectivity index (χ4v) is 3.24. The summed E-state index contributed by atoms with van der Waals surface area (Å²) in [6.07, 6.45) is 4.01. The van der Waals surface area contributed by atoms with Gasteiger partial charge in [0.2, 0.25) is 5.91 Å². The summed E-state index contributed by atoms with van der Waals surface area (Å²) in [5, 5.41) is 7.58. The van der Waals surface area contributed by atoms with Crippen LogP contribution in [0, 0.1) is 12.7 Å². The van der Waals surface area contributed by atoms with E-state index in [4.69, 9.17) is 11.6 Å². The Morgan fingerprint density at radius 3 is 2.47 bits per heavy atom. The summed E-state index contributed by atoms with van der Waals surface area (Å²) in [4.78, 5) is 14.4. The molecule has 3 aromatic rings. The number of amides is 1. The lowest BCUT2D eigenvalue weighted by Gasteiger charge is -2.09. The molecular weight excluding hydrogens is 403 g/mol. The minimum atomic E-state index is -0.332. The zero-order valence-corrected chi connectivity index (χ0v) is 17.9. The lowest BCUT2D eigenvalue weighted by molar-refractivity contribution is -0.111. The van der Waals surface area contributed by atoms with Gasteiger partial charge in [-0.15, -0.1) is 0 Å². The number of nitrogens with zero attached hydrogens (tertiary/aromatic N) is 3. The standard InChI is InChI=1S/C23H24ClFN4O/c1-16-21(23(24)29(27-16)20-10-6-18(25)7-11-20)12-13-22(30)26-19-8-4-17(5-9-19)14-15-28(2)3/h4-13H,14-15H2,1-3H3,(H,26,30)/b13-12+. The number of nitrogens with one attached hydrogen (secondary N) is 1. The Kier molecular flexibility index (Phi) is 7.03. The molecule has 0 spiro atoms. The van der Waals surface area contributed by atoms with Crippen molar-refractivity contribution in [3.05, 3.63) is 82.4 Å². The molecule has 1 amide bonds. The molecule has 1 N–H and O–H groups in total. The third-order valence-electron chi connectivity index (χ3n) is 4.59. The van der Waals surface area contributed by atoms with E-state index in [-0.39, 0.29) is 11.7 Å². The number of likely N-dealkylation sites (N-methyl/N-ethyl adjacent to an activating group) is 1. The molecule has 156 valence electrons. The van der Waals surface area contributed by atoms with Crippen LogP contribution in [-0.2, 0) is 11.2 Å². The number of anilines is 1. The van der Waals surface area contributed by atoms with E-state index in [0.717, 1.165) is 18.7 Å². The van der Waals surface area contributed by atoms with Crippen molar-refractivity contribution in [2.24, 2.45) is 0 Å². The average molecular weight is 427 g/mol. The maximum atomic E-state index is 13.1. The molecule has 0 atom stereocenters. The first kappa shape index (κ1) is 21.7. The Labute approximate surface area is 180 Å². The zero-order chi connectivity index (χ0) is 21.7. The van der Waals surface area contributed by atoms with Gasteiger partial charge in [0.05, 0.1) is 11.4 Å². The minimum absolute atomic E-state index is 0.263. The van der Waals surface area contributed by atoms with E-state index in [2.05, 4.69) is 15.3 Å². The number of aryl methyl sites for hydroxylation is 1. The van der Waals surface area contributed by atoms with Gasteiger partial charge < -0.3 is 10.2 Å². The smallest absolute Gasteiger partial charge is 0.248 e. The molecule has 0 unspecified atom stereocenters. The average Bonchev–Trinajstić information content (AvgIpc) is 3.00. The number of halogens is 2. The number of carbonyl (C=O) groups excluding carboxylic acids is 1. The molecule has 0 aliphatic carbocycles. The number of aromatic nitrogens is 2. The zero-order valence-electron chi connectivity index (χ0n) is 17.2. The quantitative estimate of drug-likeness (QED) is 0.556. The predicted molar refractivity (Wildman–Crippen MR) is 120 cm³/mol. The van der Waals surface area contributed by atoms with Crippen LogP contribution in [0.3, 0.4) is 0 Å². The third-order valence-corrected chi connectivity index (χ3v) is 4.95. The SMILES string of the molecule is Cc1nn(-c2ccc(F)cc2)c(Cl)c1/C=C/C(=O)Nc1ccc(CCN(C)C)cc1. The maximum absolute atomic E-state index is 13.1. The molecule has 0 saturated carbocycles. The molecule has 7 heteroatoms. The highest BCUT2D eigenvalue weighted by molar-refractivity contribution is 6.31. The van der Waals surface area contributed by atoms with Gasteiger partial charge >= 0.3 is 0 Å². The van der Waals surface area contributed by atoms with Crippen molar-refractivity contribution in [2.75, 3.05) is 26.0 Å². The topological polar surface area (TPSA) is 50.2 Å². The Balaban J connectivity index is 1.67. The van der Waals surface area contributed by atoms with Crippen molar-refractivity contribution in [2.45, 2.75) is 13.3 Å². The van der Waals surface area contributed by atoms with Crippen LogP contribution in [0.5, 0.6) is 0 Å². The van der Waals surface area contributed by atoms with Crippen LogP contribution in [0.25, 0.3) is 11.8 Å². The van der Waals surface area contributed by atoms with E-state index < -0.39 is 0 Å². The molecule has 1 heterocycles. The van der Waals surface area contributed by atoms with Crippen molar-refractivity contribution >= 4 is 29.3 Å². The lowest BCUT2D eigenvalue weighted by Crippen LogP contribution is -2.15. The molecule has 0 radical (unpaired) electrons. The van der Waals surface area contributed by atoms with Crippen LogP contribution in [0.2, 0.25) is 5.15 Å². The van der Waals surface area contributed by atoms with E-state index in [1.54, 1.807) is 25.1 Å². The number of hydrogen-bond donors (Lipinski definition) is 1. The van der Waals surface area contributed by atoms with E-state index in [0.29, 0.717) is 22.1 Å². The summed E-state index contributed by atoms with van der Waals surface area (Å²) in [6, 6.07) is 13.7. The van der Waals surface area contributed by atoms with Gasteiger partial charge in [0.15, 0.2) is 0 Å². The summed E-state index contributed by atoms with van der Waals surface area (Å²) >= 11 is 6.44. The van der Waals surface area contributed by atoms with E-state index in [9.17, 15) is 9.18 Å². The van der Waals surface area contributed by atoms with Crippen LogP contribution < -0.4 is 5.32 Å². The van der Waals surface area contributed by atoms with Gasteiger partial charge in [-0.25, -0.2) is 9.07 Å². The number of benzene rings is 2. The minimum Gasteiger partial charge on any atom is -0.323 e. The second-order valence-electron chi connectivity index (χ2n) is 7.25. The molecule has 0 saturated heterocycles. The second-order valence-corrected chi connectivity index (χ2v) is 7.61. The molecule has 0 fully saturated rings. The maximum Gasteiger partial charge on any atom is 0.248 e. The van der Waals surface area contributed by atoms with E-state index in [1.165, 1.54) is 28.5 Å². The van der Waals surface area contributed by atoms with Gasteiger partial charge in [0.25, 0.3) is 0 Å². The molecule has 3 rings (SSSR count). The van der Waals surface area contributed by atoms with Gasteiger partial charge in [-0.05, 0) is 75.5 Å². The summed E-state index contributed by atoms with van der Waals surface area (Å²) in [6.45, 7) is 2.77. The van der Waals surface area contributed by atoms with E-state index in [1.807, 2.05) is 38.4 Å². The normalized spacial score (nSPS) is 11.4. The second kappa shape index (κ2) is 9.69. The summed E-state index contributed by atoms with van der Waals surface area (Å²) < 4.78 is 14.7. The lowest BCUT2D eigenvalue weighted by atomic mass is 10.1. The first-order valence-electron chi connectivity index (χ1n) is 9.57. The predicted octanol–water partition coefficient (Wildman–Crippen LogP) is 4.73. The van der Waals surface area contributed by atoms with Crippen LogP contribution in [0.1, 0.15) is 16.8 Å².